The van der Waals surface area contributed by atoms with Crippen LogP contribution in [0.2, 0.25) is 0 Å². The zero-order valence-electron chi connectivity index (χ0n) is 19.5. The van der Waals surface area contributed by atoms with Crippen molar-refractivity contribution < 1.29 is 9.90 Å². The number of rotatable bonds is 10. The molecule has 0 saturated carbocycles. The smallest absolute Gasteiger partial charge is 0.321 e. The molecule has 182 valence electrons. The molecule has 3 aromatic rings. The minimum Gasteiger partial charge on any atom is -0.387 e. The summed E-state index contributed by atoms with van der Waals surface area (Å²) in [5, 5.41) is 19.9. The molecule has 3 heterocycles. The van der Waals surface area contributed by atoms with Crippen molar-refractivity contribution in [3.63, 3.8) is 0 Å². The SMILES string of the molecule is O=C1NCCN1c1ccc(SNc2ccc(CCNCC(O)c3cnc4c(c3)CCN4)cc2)cc1. The van der Waals surface area contributed by atoms with Gasteiger partial charge in [-0.25, -0.2) is 9.78 Å². The number of amides is 2. The summed E-state index contributed by atoms with van der Waals surface area (Å²) in [5.74, 6) is 0.941. The summed E-state index contributed by atoms with van der Waals surface area (Å²) in [5.41, 5.74) is 5.23. The van der Waals surface area contributed by atoms with Gasteiger partial charge in [-0.05, 0) is 84.9 Å². The molecule has 0 aliphatic carbocycles. The van der Waals surface area contributed by atoms with Crippen LogP contribution in [0.5, 0.6) is 0 Å². The molecule has 9 heteroatoms. The van der Waals surface area contributed by atoms with Gasteiger partial charge in [0.2, 0.25) is 0 Å². The maximum atomic E-state index is 11.8. The molecule has 2 aromatic carbocycles. The topological polar surface area (TPSA) is 102 Å². The molecule has 0 radical (unpaired) electrons. The highest BCUT2D eigenvalue weighted by atomic mass is 32.2. The van der Waals surface area contributed by atoms with E-state index in [0.717, 1.165) is 53.6 Å². The lowest BCUT2D eigenvalue weighted by atomic mass is 10.1. The second-order valence-electron chi connectivity index (χ2n) is 8.70. The second kappa shape index (κ2) is 11.0. The summed E-state index contributed by atoms with van der Waals surface area (Å²) in [6, 6.07) is 18.4. The lowest BCUT2D eigenvalue weighted by molar-refractivity contribution is 0.174. The summed E-state index contributed by atoms with van der Waals surface area (Å²) in [7, 11) is 0. The molecule has 35 heavy (non-hydrogen) atoms. The fourth-order valence-corrected chi connectivity index (χ4v) is 4.88. The third-order valence-corrected chi connectivity index (χ3v) is 7.08. The van der Waals surface area contributed by atoms with E-state index in [1.165, 1.54) is 11.1 Å². The molecule has 2 amide bonds. The number of hydrogen-bond acceptors (Lipinski definition) is 7. The number of aliphatic hydroxyl groups excluding tert-OH is 1. The fraction of sp³-hybridized carbons (Fsp3) is 0.308. The predicted molar refractivity (Wildman–Crippen MR) is 141 cm³/mol. The first-order chi connectivity index (χ1) is 17.2. The number of nitrogens with zero attached hydrogens (tertiary/aromatic N) is 2. The van der Waals surface area contributed by atoms with Crippen molar-refractivity contribution in [2.24, 2.45) is 0 Å². The lowest BCUT2D eigenvalue weighted by Crippen LogP contribution is -2.27. The number of fused-ring (bicyclic) bond motifs is 1. The van der Waals surface area contributed by atoms with Crippen LogP contribution in [0.3, 0.4) is 0 Å². The summed E-state index contributed by atoms with van der Waals surface area (Å²) >= 11 is 1.54. The summed E-state index contributed by atoms with van der Waals surface area (Å²) in [4.78, 5) is 19.0. The van der Waals surface area contributed by atoms with Crippen LogP contribution >= 0.6 is 11.9 Å². The normalized spacial score (nSPS) is 15.5. The molecular formula is C26H30N6O2S. The van der Waals surface area contributed by atoms with Crippen molar-refractivity contribution in [2.45, 2.75) is 23.8 Å². The highest BCUT2D eigenvalue weighted by Gasteiger charge is 2.20. The van der Waals surface area contributed by atoms with E-state index in [0.29, 0.717) is 19.6 Å². The molecule has 0 bridgehead atoms. The van der Waals surface area contributed by atoms with Crippen LogP contribution < -0.4 is 25.6 Å². The van der Waals surface area contributed by atoms with E-state index in [1.54, 1.807) is 23.0 Å². The van der Waals surface area contributed by atoms with Gasteiger partial charge in [0.15, 0.2) is 0 Å². The molecule has 1 fully saturated rings. The number of carbonyl (C=O) groups excluding carboxylic acids is 1. The van der Waals surface area contributed by atoms with Crippen LogP contribution in [-0.2, 0) is 12.8 Å². The predicted octanol–water partition coefficient (Wildman–Crippen LogP) is 3.56. The molecule has 1 atom stereocenters. The Hall–Kier alpha value is -3.27. The van der Waals surface area contributed by atoms with E-state index in [4.69, 9.17) is 0 Å². The molecule has 8 nitrogen and oxygen atoms in total. The van der Waals surface area contributed by atoms with Crippen LogP contribution in [0.25, 0.3) is 0 Å². The zero-order chi connectivity index (χ0) is 24.0. The van der Waals surface area contributed by atoms with Gasteiger partial charge < -0.3 is 25.8 Å². The Balaban J connectivity index is 1.03. The van der Waals surface area contributed by atoms with Crippen LogP contribution in [0.4, 0.5) is 22.0 Å². The Bertz CT molecular complexity index is 1160. The van der Waals surface area contributed by atoms with Gasteiger partial charge in [0.1, 0.15) is 5.82 Å². The third kappa shape index (κ3) is 5.87. The quantitative estimate of drug-likeness (QED) is 0.219. The summed E-state index contributed by atoms with van der Waals surface area (Å²) in [6.45, 7) is 3.61. The van der Waals surface area contributed by atoms with Crippen LogP contribution in [0.1, 0.15) is 22.8 Å². The first kappa shape index (κ1) is 23.5. The van der Waals surface area contributed by atoms with E-state index in [9.17, 15) is 9.90 Å². The number of hydrogen-bond donors (Lipinski definition) is 5. The average Bonchev–Trinajstić information content (AvgIpc) is 3.54. The summed E-state index contributed by atoms with van der Waals surface area (Å²) < 4.78 is 3.37. The molecular weight excluding hydrogens is 460 g/mol. The zero-order valence-corrected chi connectivity index (χ0v) is 20.3. The Kier molecular flexibility index (Phi) is 7.37. The number of aliphatic hydroxyl groups is 1. The number of anilines is 3. The number of pyridine rings is 1. The van der Waals surface area contributed by atoms with E-state index in [2.05, 4.69) is 56.0 Å². The molecule has 2 aliphatic heterocycles. The van der Waals surface area contributed by atoms with Gasteiger partial charge in [0.25, 0.3) is 0 Å². The highest BCUT2D eigenvalue weighted by Crippen LogP contribution is 2.25. The largest absolute Gasteiger partial charge is 0.387 e. The molecule has 1 aromatic heterocycles. The Morgan fingerprint density at radius 1 is 1.09 bits per heavy atom. The molecule has 5 rings (SSSR count). The Morgan fingerprint density at radius 2 is 1.91 bits per heavy atom. The van der Waals surface area contributed by atoms with Gasteiger partial charge in [-0.3, -0.25) is 4.90 Å². The van der Waals surface area contributed by atoms with Gasteiger partial charge in [0.05, 0.1) is 6.10 Å². The minimum absolute atomic E-state index is 0.0378. The van der Waals surface area contributed by atoms with Crippen molar-refractivity contribution in [1.29, 1.82) is 0 Å². The van der Waals surface area contributed by atoms with E-state index in [1.807, 2.05) is 24.3 Å². The molecule has 1 unspecified atom stereocenters. The molecule has 0 spiro atoms. The Morgan fingerprint density at radius 3 is 2.69 bits per heavy atom. The first-order valence-corrected chi connectivity index (χ1v) is 12.8. The standard InChI is InChI=1S/C26H30N6O2S/c33-24(20-15-19-10-12-28-25(19)30-16-20)17-27-11-9-18-1-3-21(4-2-18)31-35-23-7-5-22(6-8-23)32-14-13-29-26(32)34/h1-8,15-16,24,27,31,33H,9-14,17H2,(H,28,30)(H,29,34). The van der Waals surface area contributed by atoms with E-state index in [-0.39, 0.29) is 6.03 Å². The van der Waals surface area contributed by atoms with Crippen LogP contribution in [0, 0.1) is 0 Å². The van der Waals surface area contributed by atoms with Crippen molar-refractivity contribution in [3.05, 3.63) is 77.5 Å². The van der Waals surface area contributed by atoms with E-state index < -0.39 is 6.10 Å². The molecule has 1 saturated heterocycles. The minimum atomic E-state index is -0.557. The highest BCUT2D eigenvalue weighted by molar-refractivity contribution is 8.00. The first-order valence-electron chi connectivity index (χ1n) is 11.9. The summed E-state index contributed by atoms with van der Waals surface area (Å²) in [6.07, 6.45) is 3.05. The van der Waals surface area contributed by atoms with Gasteiger partial charge in [-0.1, -0.05) is 12.1 Å². The number of aromatic nitrogens is 1. The van der Waals surface area contributed by atoms with Gasteiger partial charge in [-0.15, -0.1) is 0 Å². The van der Waals surface area contributed by atoms with Gasteiger partial charge in [0, 0.05) is 54.2 Å². The molecule has 2 aliphatic rings. The van der Waals surface area contributed by atoms with Crippen molar-refractivity contribution in [2.75, 3.05) is 47.7 Å². The van der Waals surface area contributed by atoms with Crippen LogP contribution in [-0.4, -0.2) is 48.8 Å². The number of benzene rings is 2. The number of nitrogens with one attached hydrogen (secondary N) is 4. The van der Waals surface area contributed by atoms with Gasteiger partial charge >= 0.3 is 6.03 Å². The number of carbonyl (C=O) groups is 1. The van der Waals surface area contributed by atoms with Gasteiger partial charge in [-0.2, -0.15) is 0 Å². The molecule has 5 N–H and O–H groups in total. The second-order valence-corrected chi connectivity index (χ2v) is 9.58. The maximum absolute atomic E-state index is 11.8. The van der Waals surface area contributed by atoms with Crippen molar-refractivity contribution in [3.8, 4) is 0 Å². The van der Waals surface area contributed by atoms with Crippen LogP contribution in [0.15, 0.2) is 65.7 Å². The number of urea groups is 1. The van der Waals surface area contributed by atoms with Crippen molar-refractivity contribution in [1.82, 2.24) is 15.6 Å². The maximum Gasteiger partial charge on any atom is 0.321 e. The lowest BCUT2D eigenvalue weighted by Gasteiger charge is -2.14. The Labute approximate surface area is 209 Å². The third-order valence-electron chi connectivity index (χ3n) is 6.23. The van der Waals surface area contributed by atoms with Crippen molar-refractivity contribution >= 4 is 35.2 Å². The fourth-order valence-electron chi connectivity index (χ4n) is 4.24. The van der Waals surface area contributed by atoms with E-state index >= 15 is 0 Å². The monoisotopic (exact) mass is 490 g/mol. The average molecular weight is 491 g/mol.